The minimum absolute atomic E-state index is 0.146. The smallest absolute Gasteiger partial charge is 0.309 e. The summed E-state index contributed by atoms with van der Waals surface area (Å²) >= 11 is 1.57. The van der Waals surface area contributed by atoms with Crippen molar-refractivity contribution in [1.82, 2.24) is 4.98 Å². The molecule has 0 radical (unpaired) electrons. The first-order chi connectivity index (χ1) is 16.0. The van der Waals surface area contributed by atoms with Gasteiger partial charge in [0.15, 0.2) is 0 Å². The second-order valence-electron chi connectivity index (χ2n) is 10.7. The van der Waals surface area contributed by atoms with Crippen molar-refractivity contribution in [2.45, 2.75) is 97.9 Å². The summed E-state index contributed by atoms with van der Waals surface area (Å²) in [6.45, 7) is 9.60. The first-order valence-electron chi connectivity index (χ1n) is 12.3. The number of allylic oxidation sites excluding steroid dienone is 1. The predicted molar refractivity (Wildman–Crippen MR) is 134 cm³/mol. The Morgan fingerprint density at radius 2 is 1.91 bits per heavy atom. The van der Waals surface area contributed by atoms with Gasteiger partial charge in [-0.25, -0.2) is 4.98 Å². The lowest BCUT2D eigenvalue weighted by atomic mass is 9.72. The van der Waals surface area contributed by atoms with Crippen molar-refractivity contribution in [1.29, 1.82) is 0 Å². The third-order valence-corrected chi connectivity index (χ3v) is 8.26. The fraction of sp³-hybridized carbons (Fsp3) is 0.667. The topological polar surface area (TPSA) is 96.7 Å². The van der Waals surface area contributed by atoms with E-state index in [9.17, 15) is 19.8 Å². The molecule has 1 aromatic rings. The third-order valence-electron chi connectivity index (χ3n) is 7.47. The number of thiazole rings is 1. The molecule has 7 heteroatoms. The minimum Gasteiger partial charge on any atom is -0.457 e. The zero-order valence-corrected chi connectivity index (χ0v) is 21.9. The normalized spacial score (nSPS) is 31.8. The Labute approximate surface area is 207 Å². The highest BCUT2D eigenvalue weighted by molar-refractivity contribution is 7.09. The number of Topliss-reactive ketones (excluding diaryl/α,β-unsaturated/α-hetero) is 1. The average Bonchev–Trinajstić information content (AvgIpc) is 3.49. The molecule has 34 heavy (non-hydrogen) atoms. The van der Waals surface area contributed by atoms with E-state index in [2.05, 4.69) is 11.1 Å². The van der Waals surface area contributed by atoms with E-state index in [1.807, 2.05) is 45.2 Å². The molecule has 1 aliphatic carbocycles. The van der Waals surface area contributed by atoms with Crippen LogP contribution < -0.4 is 0 Å². The molecule has 0 bridgehead atoms. The van der Waals surface area contributed by atoms with E-state index < -0.39 is 41.0 Å². The van der Waals surface area contributed by atoms with Gasteiger partial charge in [-0.05, 0) is 63.0 Å². The number of carbonyl (C=O) groups excluding carboxylic acids is 2. The molecule has 188 valence electrons. The van der Waals surface area contributed by atoms with Gasteiger partial charge in [0.2, 0.25) is 0 Å². The zero-order valence-electron chi connectivity index (χ0n) is 21.0. The van der Waals surface area contributed by atoms with E-state index in [-0.39, 0.29) is 12.2 Å². The molecule has 1 aromatic heterocycles. The second-order valence-corrected chi connectivity index (χ2v) is 11.8. The average molecular weight is 490 g/mol. The molecule has 2 heterocycles. The van der Waals surface area contributed by atoms with E-state index in [4.69, 9.17) is 4.74 Å². The van der Waals surface area contributed by atoms with Crippen molar-refractivity contribution in [3.05, 3.63) is 33.8 Å². The van der Waals surface area contributed by atoms with Gasteiger partial charge in [-0.3, -0.25) is 9.59 Å². The van der Waals surface area contributed by atoms with Crippen molar-refractivity contribution in [2.75, 3.05) is 0 Å². The maximum atomic E-state index is 13.3. The second kappa shape index (κ2) is 10.8. The molecule has 2 aliphatic rings. The number of ketones is 1. The number of esters is 1. The molecule has 1 aliphatic heterocycles. The van der Waals surface area contributed by atoms with Crippen molar-refractivity contribution in [3.8, 4) is 0 Å². The Kier molecular flexibility index (Phi) is 8.53. The fourth-order valence-electron chi connectivity index (χ4n) is 4.97. The van der Waals surface area contributed by atoms with Crippen LogP contribution in [0.25, 0.3) is 6.08 Å². The lowest BCUT2D eigenvalue weighted by molar-refractivity contribution is -0.152. The van der Waals surface area contributed by atoms with Gasteiger partial charge in [-0.2, -0.15) is 0 Å². The number of aliphatic hydroxyl groups is 2. The van der Waals surface area contributed by atoms with E-state index in [1.165, 1.54) is 0 Å². The van der Waals surface area contributed by atoms with Crippen molar-refractivity contribution in [3.63, 3.8) is 0 Å². The summed E-state index contributed by atoms with van der Waals surface area (Å²) in [5, 5.41) is 24.8. The van der Waals surface area contributed by atoms with Crippen LogP contribution in [0.3, 0.4) is 0 Å². The summed E-state index contributed by atoms with van der Waals surface area (Å²) in [6, 6.07) is 0. The number of ether oxygens (including phenoxy) is 1. The van der Waals surface area contributed by atoms with Gasteiger partial charge in [-0.1, -0.05) is 32.9 Å². The zero-order chi connectivity index (χ0) is 25.1. The summed E-state index contributed by atoms with van der Waals surface area (Å²) in [5.41, 5.74) is 0.344. The molecular weight excluding hydrogens is 450 g/mol. The number of rotatable bonds is 2. The SMILES string of the molecule is C/C(=C\c1csc(C)n1)[C@@H]1C/C=C/CCCC(C)(C)[C@@H](O)[C@H](C)C(=O)C2(CC2)[C@@H](O)CC(=O)O1. The van der Waals surface area contributed by atoms with Gasteiger partial charge in [0.1, 0.15) is 11.9 Å². The molecule has 3 rings (SSSR count). The summed E-state index contributed by atoms with van der Waals surface area (Å²) in [4.78, 5) is 30.6. The summed E-state index contributed by atoms with van der Waals surface area (Å²) < 4.78 is 5.80. The van der Waals surface area contributed by atoms with Gasteiger partial charge in [0.25, 0.3) is 0 Å². The highest BCUT2D eigenvalue weighted by Gasteiger charge is 2.58. The van der Waals surface area contributed by atoms with Crippen LogP contribution in [0.1, 0.15) is 83.3 Å². The van der Waals surface area contributed by atoms with Crippen molar-refractivity contribution >= 4 is 29.2 Å². The molecule has 0 aromatic carbocycles. The van der Waals surface area contributed by atoms with Crippen LogP contribution in [0.4, 0.5) is 0 Å². The molecule has 2 N–H and O–H groups in total. The monoisotopic (exact) mass is 489 g/mol. The Hall–Kier alpha value is -1.83. The van der Waals surface area contributed by atoms with Crippen LogP contribution in [-0.2, 0) is 14.3 Å². The number of nitrogens with zero attached hydrogens (tertiary/aromatic N) is 1. The number of aliphatic hydroxyl groups excluding tert-OH is 2. The summed E-state index contributed by atoms with van der Waals surface area (Å²) in [5.74, 6) is -1.27. The van der Waals surface area contributed by atoms with Crippen molar-refractivity contribution in [2.24, 2.45) is 16.7 Å². The summed E-state index contributed by atoms with van der Waals surface area (Å²) in [6.07, 6.45) is 7.53. The van der Waals surface area contributed by atoms with Crippen LogP contribution in [0.5, 0.6) is 0 Å². The molecule has 0 amide bonds. The lowest BCUT2D eigenvalue weighted by Gasteiger charge is -2.36. The van der Waals surface area contributed by atoms with Crippen LogP contribution in [0.2, 0.25) is 0 Å². The summed E-state index contributed by atoms with van der Waals surface area (Å²) in [7, 11) is 0. The van der Waals surface area contributed by atoms with Gasteiger partial charge in [-0.15, -0.1) is 11.3 Å². The van der Waals surface area contributed by atoms with E-state index >= 15 is 0 Å². The van der Waals surface area contributed by atoms with Gasteiger partial charge in [0.05, 0.1) is 34.7 Å². The van der Waals surface area contributed by atoms with Crippen molar-refractivity contribution < 1.29 is 24.5 Å². The quantitative estimate of drug-likeness (QED) is 0.447. The molecule has 1 saturated carbocycles. The first kappa shape index (κ1) is 26.8. The Morgan fingerprint density at radius 3 is 2.53 bits per heavy atom. The number of aromatic nitrogens is 1. The van der Waals surface area contributed by atoms with Gasteiger partial charge >= 0.3 is 5.97 Å². The Bertz CT molecular complexity index is 943. The number of carbonyl (C=O) groups is 2. The van der Waals surface area contributed by atoms with E-state index in [0.29, 0.717) is 19.3 Å². The number of hydrogen-bond acceptors (Lipinski definition) is 7. The highest BCUT2D eigenvalue weighted by atomic mass is 32.1. The largest absolute Gasteiger partial charge is 0.457 e. The number of aryl methyl sites for hydroxylation is 1. The van der Waals surface area contributed by atoms with Gasteiger partial charge < -0.3 is 14.9 Å². The predicted octanol–water partition coefficient (Wildman–Crippen LogP) is 5.02. The van der Waals surface area contributed by atoms with Crippen LogP contribution in [0, 0.1) is 23.7 Å². The number of cyclic esters (lactones) is 1. The Morgan fingerprint density at radius 1 is 1.21 bits per heavy atom. The standard InChI is InChI=1S/C27H39NO5S/c1-17(14-20-16-34-19(3)28-20)21-10-8-6-7-9-11-26(4,5)24(31)18(2)25(32)27(12-13-27)22(29)15-23(30)33-21/h6,8,14,16,18,21-22,24,29,31H,7,9-13,15H2,1-5H3/b8-6+,17-14+/t18-,21-,22-,24-/m0/s1. The van der Waals surface area contributed by atoms with Crippen LogP contribution >= 0.6 is 11.3 Å². The lowest BCUT2D eigenvalue weighted by Crippen LogP contribution is -2.44. The molecule has 4 atom stereocenters. The van der Waals surface area contributed by atoms with E-state index in [1.54, 1.807) is 18.3 Å². The third kappa shape index (κ3) is 6.23. The minimum atomic E-state index is -1.11. The maximum absolute atomic E-state index is 13.3. The van der Waals surface area contributed by atoms with Gasteiger partial charge in [0, 0.05) is 17.7 Å². The first-order valence-corrected chi connectivity index (χ1v) is 13.2. The van der Waals surface area contributed by atoms with Crippen LogP contribution in [-0.4, -0.2) is 45.3 Å². The Balaban J connectivity index is 1.83. The molecule has 0 saturated heterocycles. The number of hydrogen-bond donors (Lipinski definition) is 2. The fourth-order valence-corrected chi connectivity index (χ4v) is 5.54. The molecule has 0 unspecified atom stereocenters. The maximum Gasteiger partial charge on any atom is 0.309 e. The molecule has 1 spiro atoms. The molecule has 6 nitrogen and oxygen atoms in total. The molecular formula is C27H39NO5S. The van der Waals surface area contributed by atoms with E-state index in [0.717, 1.165) is 35.5 Å². The van der Waals surface area contributed by atoms with Crippen LogP contribution in [0.15, 0.2) is 23.1 Å². The highest BCUT2D eigenvalue weighted by Crippen LogP contribution is 2.53. The molecule has 1 fully saturated rings.